The minimum absolute atomic E-state index is 0. The van der Waals surface area contributed by atoms with E-state index in [1.807, 2.05) is 0 Å². The molecule has 28 valence electrons. The maximum Gasteiger partial charge on any atom is 0.381 e. The summed E-state index contributed by atoms with van der Waals surface area (Å²) >= 11 is 0. The molecule has 3 nitrogen and oxygen atoms in total. The Bertz CT molecular complexity index is 9.61. The van der Waals surface area contributed by atoms with Gasteiger partial charge in [0.25, 0.3) is 0 Å². The van der Waals surface area contributed by atoms with Crippen LogP contribution in [-0.4, -0.2) is 20.3 Å². The van der Waals surface area contributed by atoms with Gasteiger partial charge in [0, 0.05) is 0 Å². The van der Waals surface area contributed by atoms with Crippen molar-refractivity contribution in [1.82, 2.24) is 6.15 Å². The van der Waals surface area contributed by atoms with Gasteiger partial charge in [-0.25, -0.2) is 0 Å². The van der Waals surface area contributed by atoms with E-state index in [1.54, 1.807) is 20.3 Å². The molecule has 0 heterocycles. The molecule has 0 fully saturated rings. The fourth-order valence-corrected chi connectivity index (χ4v) is 0. The summed E-state index contributed by atoms with van der Waals surface area (Å²) in [6, 6.07) is 0. The minimum Gasteiger partial charge on any atom is -0.381 e. The standard InChI is InChI=1S/H3N.2OSi/c;2*1-2/h1H3;;. The van der Waals surface area contributed by atoms with Gasteiger partial charge in [0.2, 0.25) is 0 Å². The molecule has 0 aromatic carbocycles. The van der Waals surface area contributed by atoms with E-state index in [4.69, 9.17) is 8.92 Å². The molecule has 4 radical (unpaired) electrons. The van der Waals surface area contributed by atoms with Crippen molar-refractivity contribution in [2.75, 3.05) is 0 Å². The van der Waals surface area contributed by atoms with Gasteiger partial charge in [0.1, 0.15) is 0 Å². The Morgan fingerprint density at radius 2 is 0.800 bits per heavy atom. The van der Waals surface area contributed by atoms with Gasteiger partial charge in [-0.05, 0) is 0 Å². The number of hydrogen-bond acceptors (Lipinski definition) is 3. The second-order valence-corrected chi connectivity index (χ2v) is 0. The Balaban J connectivity index is -0.0000000133. The topological polar surface area (TPSA) is 69.1 Å². The Kier molecular flexibility index (Phi) is 3690000. The molecule has 0 bridgehead atoms. The van der Waals surface area contributed by atoms with E-state index >= 15 is 0 Å². The van der Waals surface area contributed by atoms with E-state index in [0.717, 1.165) is 0 Å². The lowest BCUT2D eigenvalue weighted by Crippen LogP contribution is -0.969. The molecule has 0 atom stereocenters. The van der Waals surface area contributed by atoms with Crippen molar-refractivity contribution in [3.63, 3.8) is 0 Å². The van der Waals surface area contributed by atoms with Crippen molar-refractivity contribution >= 4 is 20.3 Å². The quantitative estimate of drug-likeness (QED) is 0.408. The Labute approximate surface area is 36.3 Å². The van der Waals surface area contributed by atoms with Gasteiger partial charge in [-0.1, -0.05) is 0 Å². The molecule has 0 amide bonds. The second-order valence-electron chi connectivity index (χ2n) is 0. The average Bonchev–Trinajstić information content (AvgIpc) is 1.50. The largest absolute Gasteiger partial charge is 0.381 e. The molecule has 0 spiro atoms. The van der Waals surface area contributed by atoms with Crippen molar-refractivity contribution in [2.45, 2.75) is 0 Å². The van der Waals surface area contributed by atoms with E-state index in [0.29, 0.717) is 0 Å². The summed E-state index contributed by atoms with van der Waals surface area (Å²) < 4.78 is 16.1. The van der Waals surface area contributed by atoms with Crippen molar-refractivity contribution in [2.24, 2.45) is 0 Å². The van der Waals surface area contributed by atoms with Crippen LogP contribution in [0.4, 0.5) is 0 Å². The zero-order chi connectivity index (χ0) is 4.00. The lowest BCUT2D eigenvalue weighted by atomic mass is 14.0. The summed E-state index contributed by atoms with van der Waals surface area (Å²) in [6.45, 7) is 0. The third-order valence-electron chi connectivity index (χ3n) is 0. The summed E-state index contributed by atoms with van der Waals surface area (Å²) in [7, 11) is 3.44. The van der Waals surface area contributed by atoms with Crippen LogP contribution in [0.2, 0.25) is 0 Å². The Morgan fingerprint density at radius 3 is 0.800 bits per heavy atom. The average molecular weight is 105 g/mol. The lowest BCUT2D eigenvalue weighted by Gasteiger charge is -0.803. The lowest BCUT2D eigenvalue weighted by molar-refractivity contribution is 0.589. The second kappa shape index (κ2) is 921000. The molecule has 0 aliphatic heterocycles. The molecule has 0 aliphatic rings. The molecule has 0 rings (SSSR count). The van der Waals surface area contributed by atoms with Crippen LogP contribution in [-0.2, 0) is 8.92 Å². The van der Waals surface area contributed by atoms with Crippen LogP contribution < -0.4 is 6.15 Å². The highest BCUT2D eigenvalue weighted by Crippen LogP contribution is 0.471. The van der Waals surface area contributed by atoms with Gasteiger partial charge >= 0.3 is 20.3 Å². The Morgan fingerprint density at radius 1 is 0.800 bits per heavy atom. The first-order valence-corrected chi connectivity index (χ1v) is 1.22. The van der Waals surface area contributed by atoms with Crippen LogP contribution in [0.5, 0.6) is 0 Å². The van der Waals surface area contributed by atoms with Gasteiger partial charge in [0.15, 0.2) is 0 Å². The third-order valence-corrected chi connectivity index (χ3v) is 0. The highest BCUT2D eigenvalue weighted by atomic mass is 28.1. The summed E-state index contributed by atoms with van der Waals surface area (Å²) in [5.74, 6) is 0. The highest BCUT2D eigenvalue weighted by Gasteiger charge is 0.805. The molecule has 0 saturated heterocycles. The summed E-state index contributed by atoms with van der Waals surface area (Å²) in [5, 5.41) is 0. The van der Waals surface area contributed by atoms with Crippen LogP contribution in [0.3, 0.4) is 0 Å². The third kappa shape index (κ3) is 409000. The molecule has 0 aromatic heterocycles. The van der Waals surface area contributed by atoms with Crippen LogP contribution in [0.25, 0.3) is 0 Å². The smallest absolute Gasteiger partial charge is 0.381 e. The van der Waals surface area contributed by atoms with Crippen molar-refractivity contribution < 1.29 is 8.92 Å². The molecule has 5 heteroatoms. The fourth-order valence-electron chi connectivity index (χ4n) is 0. The molecule has 0 unspecified atom stereocenters. The van der Waals surface area contributed by atoms with Crippen molar-refractivity contribution in [1.29, 1.82) is 0 Å². The van der Waals surface area contributed by atoms with E-state index in [2.05, 4.69) is 0 Å². The van der Waals surface area contributed by atoms with Crippen LogP contribution >= 0.6 is 0 Å². The van der Waals surface area contributed by atoms with Crippen molar-refractivity contribution in [3.8, 4) is 0 Å². The monoisotopic (exact) mass is 105 g/mol. The minimum atomic E-state index is 0. The molecule has 5 heavy (non-hydrogen) atoms. The first-order chi connectivity index (χ1) is 2.00. The summed E-state index contributed by atoms with van der Waals surface area (Å²) in [4.78, 5) is 0. The molecular weight excluding hydrogens is 102 g/mol. The van der Waals surface area contributed by atoms with Gasteiger partial charge in [-0.2, -0.15) is 0 Å². The SMILES string of the molecule is N.O=[Si].O=[Si]. The van der Waals surface area contributed by atoms with Crippen LogP contribution in [0.1, 0.15) is 0 Å². The molecule has 0 aliphatic carbocycles. The van der Waals surface area contributed by atoms with Crippen molar-refractivity contribution in [3.05, 3.63) is 0 Å². The molecule has 0 aromatic rings. The van der Waals surface area contributed by atoms with Crippen LogP contribution in [0.15, 0.2) is 0 Å². The predicted molar refractivity (Wildman–Crippen MR) is 17.9 cm³/mol. The van der Waals surface area contributed by atoms with E-state index in [-0.39, 0.29) is 6.15 Å². The van der Waals surface area contributed by atoms with Gasteiger partial charge < -0.3 is 15.1 Å². The Hall–Kier alpha value is -0.00623. The zero-order valence-electron chi connectivity index (χ0n) is 2.52. The number of rotatable bonds is 0. The first-order valence-electron chi connectivity index (χ1n) is 0.408. The maximum atomic E-state index is 8.06. The molecule has 3 N–H and O–H groups in total. The predicted octanol–water partition coefficient (Wildman–Crippen LogP) is -0.837. The van der Waals surface area contributed by atoms with E-state index in [1.165, 1.54) is 0 Å². The summed E-state index contributed by atoms with van der Waals surface area (Å²) in [5.41, 5.74) is 0. The van der Waals surface area contributed by atoms with Gasteiger partial charge in [-0.15, -0.1) is 0 Å². The molecule has 0 saturated carbocycles. The highest BCUT2D eigenvalue weighted by molar-refractivity contribution is 5.85. The van der Waals surface area contributed by atoms with Gasteiger partial charge in [0.05, 0.1) is 0 Å². The van der Waals surface area contributed by atoms with E-state index < -0.39 is 0 Å². The molecular formula is H3NO2Si2. The maximum absolute atomic E-state index is 8.06. The fraction of sp³-hybridized carbons (Fsp3) is 0. The van der Waals surface area contributed by atoms with E-state index in [9.17, 15) is 0 Å². The summed E-state index contributed by atoms with van der Waals surface area (Å²) in [6.07, 6.45) is 0. The zero-order valence-corrected chi connectivity index (χ0v) is 4.52. The number of hydrogen-bond donors (Lipinski definition) is 1. The van der Waals surface area contributed by atoms with Crippen LogP contribution in [0, 0.1) is 0 Å². The normalized spacial score (nSPS) is 1.60. The van der Waals surface area contributed by atoms with Gasteiger partial charge in [-0.3, -0.25) is 0 Å². The first kappa shape index (κ1) is 20.0.